The fourth-order valence-corrected chi connectivity index (χ4v) is 3.91. The summed E-state index contributed by atoms with van der Waals surface area (Å²) in [5.74, 6) is 1.14. The molecule has 0 aliphatic rings. The van der Waals surface area contributed by atoms with Gasteiger partial charge in [-0.1, -0.05) is 88.8 Å². The molecule has 0 N–H and O–H groups in total. The summed E-state index contributed by atoms with van der Waals surface area (Å²) >= 11 is 0. The molecular formula is C31H38O3. The number of esters is 1. The van der Waals surface area contributed by atoms with Crippen molar-refractivity contribution in [1.29, 1.82) is 0 Å². The van der Waals surface area contributed by atoms with Crippen LogP contribution in [0.1, 0.15) is 81.1 Å². The van der Waals surface area contributed by atoms with Gasteiger partial charge >= 0.3 is 5.97 Å². The fraction of sp³-hybridized carbons (Fsp3) is 0.387. The molecule has 3 heteroatoms. The molecule has 34 heavy (non-hydrogen) atoms. The lowest BCUT2D eigenvalue weighted by Crippen LogP contribution is -2.08. The third-order valence-electron chi connectivity index (χ3n) is 6.03. The quantitative estimate of drug-likeness (QED) is 0.138. The number of benzene rings is 3. The largest absolute Gasteiger partial charge is 0.494 e. The number of unbranched alkanes of at least 4 members (excludes halogenated alkanes) is 6. The van der Waals surface area contributed by atoms with Crippen molar-refractivity contribution in [3.63, 3.8) is 0 Å². The highest BCUT2D eigenvalue weighted by molar-refractivity contribution is 5.91. The molecule has 0 atom stereocenters. The van der Waals surface area contributed by atoms with Crippen LogP contribution < -0.4 is 9.47 Å². The van der Waals surface area contributed by atoms with Crippen LogP contribution in [0.4, 0.5) is 0 Å². The molecule has 0 unspecified atom stereocenters. The van der Waals surface area contributed by atoms with Crippen LogP contribution in [0.15, 0.2) is 72.8 Å². The molecule has 0 heterocycles. The van der Waals surface area contributed by atoms with Gasteiger partial charge in [-0.15, -0.1) is 0 Å². The van der Waals surface area contributed by atoms with E-state index in [-0.39, 0.29) is 5.97 Å². The molecular weight excluding hydrogens is 420 g/mol. The Hall–Kier alpha value is -3.07. The summed E-state index contributed by atoms with van der Waals surface area (Å²) in [5.41, 5.74) is 3.97. The zero-order valence-electron chi connectivity index (χ0n) is 20.7. The molecule has 0 fully saturated rings. The zero-order valence-corrected chi connectivity index (χ0v) is 20.7. The molecule has 0 spiro atoms. The van der Waals surface area contributed by atoms with E-state index in [9.17, 15) is 4.79 Å². The van der Waals surface area contributed by atoms with Crippen LogP contribution in [-0.4, -0.2) is 12.6 Å². The molecule has 0 amide bonds. The predicted molar refractivity (Wildman–Crippen MR) is 141 cm³/mol. The minimum Gasteiger partial charge on any atom is -0.494 e. The van der Waals surface area contributed by atoms with E-state index in [1.807, 2.05) is 60.7 Å². The van der Waals surface area contributed by atoms with Crippen LogP contribution in [0.25, 0.3) is 11.1 Å². The van der Waals surface area contributed by atoms with E-state index in [0.29, 0.717) is 11.3 Å². The molecule has 3 rings (SSSR count). The van der Waals surface area contributed by atoms with Crippen LogP contribution in [0.3, 0.4) is 0 Å². The maximum atomic E-state index is 12.5. The summed E-state index contributed by atoms with van der Waals surface area (Å²) < 4.78 is 11.4. The molecule has 0 saturated heterocycles. The van der Waals surface area contributed by atoms with E-state index in [0.717, 1.165) is 36.3 Å². The lowest BCUT2D eigenvalue weighted by atomic mass is 10.0. The van der Waals surface area contributed by atoms with Gasteiger partial charge in [0.2, 0.25) is 0 Å². The van der Waals surface area contributed by atoms with E-state index >= 15 is 0 Å². The van der Waals surface area contributed by atoms with Crippen molar-refractivity contribution in [3.05, 3.63) is 83.9 Å². The molecule has 0 aliphatic heterocycles. The minimum atomic E-state index is -0.340. The van der Waals surface area contributed by atoms with E-state index in [1.165, 1.54) is 50.5 Å². The smallest absolute Gasteiger partial charge is 0.343 e. The van der Waals surface area contributed by atoms with Gasteiger partial charge < -0.3 is 9.47 Å². The first kappa shape index (κ1) is 25.6. The number of hydrogen-bond acceptors (Lipinski definition) is 3. The summed E-state index contributed by atoms with van der Waals surface area (Å²) in [6, 6.07) is 23.5. The number of rotatable bonds is 14. The van der Waals surface area contributed by atoms with Crippen molar-refractivity contribution in [2.45, 2.75) is 71.6 Å². The SMILES string of the molecule is CCCCCCCOc1ccc(-c2ccc(C(=O)Oc3ccc(CCCCC)cc3)cc2)cc1. The highest BCUT2D eigenvalue weighted by atomic mass is 16.5. The average Bonchev–Trinajstić information content (AvgIpc) is 2.88. The van der Waals surface area contributed by atoms with Gasteiger partial charge in [-0.25, -0.2) is 4.79 Å². The molecule has 0 aromatic heterocycles. The Kier molecular flexibility index (Phi) is 10.7. The number of aryl methyl sites for hydroxylation is 1. The summed E-state index contributed by atoms with van der Waals surface area (Å²) in [6.45, 7) is 5.20. The Morgan fingerprint density at radius 1 is 0.618 bits per heavy atom. The first-order valence-corrected chi connectivity index (χ1v) is 12.8. The van der Waals surface area contributed by atoms with Crippen LogP contribution in [0.5, 0.6) is 11.5 Å². The first-order valence-electron chi connectivity index (χ1n) is 12.8. The van der Waals surface area contributed by atoms with Crippen molar-refractivity contribution in [2.24, 2.45) is 0 Å². The van der Waals surface area contributed by atoms with Crippen molar-refractivity contribution in [2.75, 3.05) is 6.61 Å². The molecule has 0 radical (unpaired) electrons. The molecule has 3 aromatic carbocycles. The standard InChI is InChI=1S/C31H38O3/c1-3-5-7-8-10-24-33-29-22-18-27(19-23-29)26-14-16-28(17-15-26)31(32)34-30-20-12-25(13-21-30)11-9-6-4-2/h12-23H,3-11,24H2,1-2H3. The second-order valence-corrected chi connectivity index (χ2v) is 8.85. The van der Waals surface area contributed by atoms with Crippen LogP contribution in [0, 0.1) is 0 Å². The average molecular weight is 459 g/mol. The Bertz CT molecular complexity index is 973. The summed E-state index contributed by atoms with van der Waals surface area (Å²) in [7, 11) is 0. The maximum absolute atomic E-state index is 12.5. The van der Waals surface area contributed by atoms with Crippen LogP contribution in [0.2, 0.25) is 0 Å². The lowest BCUT2D eigenvalue weighted by Gasteiger charge is -2.09. The van der Waals surface area contributed by atoms with Gasteiger partial charge in [-0.3, -0.25) is 0 Å². The van der Waals surface area contributed by atoms with Gasteiger partial charge in [0.1, 0.15) is 11.5 Å². The van der Waals surface area contributed by atoms with Gasteiger partial charge in [0.15, 0.2) is 0 Å². The Morgan fingerprint density at radius 2 is 1.18 bits per heavy atom. The second kappa shape index (κ2) is 14.2. The van der Waals surface area contributed by atoms with E-state index < -0.39 is 0 Å². The van der Waals surface area contributed by atoms with E-state index in [4.69, 9.17) is 9.47 Å². The summed E-state index contributed by atoms with van der Waals surface area (Å²) in [5, 5.41) is 0. The van der Waals surface area contributed by atoms with Crippen molar-refractivity contribution in [1.82, 2.24) is 0 Å². The van der Waals surface area contributed by atoms with E-state index in [2.05, 4.69) is 26.0 Å². The highest BCUT2D eigenvalue weighted by Crippen LogP contribution is 2.24. The zero-order chi connectivity index (χ0) is 24.0. The maximum Gasteiger partial charge on any atom is 0.343 e. The van der Waals surface area contributed by atoms with Crippen molar-refractivity contribution < 1.29 is 14.3 Å². The van der Waals surface area contributed by atoms with Gasteiger partial charge in [-0.05, 0) is 72.4 Å². The van der Waals surface area contributed by atoms with Crippen molar-refractivity contribution in [3.8, 4) is 22.6 Å². The molecule has 0 aliphatic carbocycles. The van der Waals surface area contributed by atoms with Crippen molar-refractivity contribution >= 4 is 5.97 Å². The van der Waals surface area contributed by atoms with E-state index in [1.54, 1.807) is 0 Å². The summed E-state index contributed by atoms with van der Waals surface area (Å²) in [6.07, 6.45) is 10.9. The van der Waals surface area contributed by atoms with Gasteiger partial charge in [-0.2, -0.15) is 0 Å². The molecule has 0 saturated carbocycles. The van der Waals surface area contributed by atoms with Gasteiger partial charge in [0.25, 0.3) is 0 Å². The first-order chi connectivity index (χ1) is 16.7. The molecule has 180 valence electrons. The highest BCUT2D eigenvalue weighted by Gasteiger charge is 2.09. The van der Waals surface area contributed by atoms with Gasteiger partial charge in [0.05, 0.1) is 12.2 Å². The Labute approximate surface area is 205 Å². The lowest BCUT2D eigenvalue weighted by molar-refractivity contribution is 0.0734. The fourth-order valence-electron chi connectivity index (χ4n) is 3.91. The number of carbonyl (C=O) groups excluding carboxylic acids is 1. The van der Waals surface area contributed by atoms with Gasteiger partial charge in [0, 0.05) is 0 Å². The summed E-state index contributed by atoms with van der Waals surface area (Å²) in [4.78, 5) is 12.5. The predicted octanol–water partition coefficient (Wildman–Crippen LogP) is 8.65. The van der Waals surface area contributed by atoms with Crippen LogP contribution in [-0.2, 0) is 6.42 Å². The van der Waals surface area contributed by atoms with Crippen LogP contribution >= 0.6 is 0 Å². The number of hydrogen-bond donors (Lipinski definition) is 0. The normalized spacial score (nSPS) is 10.8. The third-order valence-corrected chi connectivity index (χ3v) is 6.03. The topological polar surface area (TPSA) is 35.5 Å². The Balaban J connectivity index is 1.48. The molecule has 3 nitrogen and oxygen atoms in total. The Morgan fingerprint density at radius 3 is 1.82 bits per heavy atom. The number of ether oxygens (including phenoxy) is 2. The monoisotopic (exact) mass is 458 g/mol. The number of carbonyl (C=O) groups is 1. The molecule has 3 aromatic rings. The molecule has 0 bridgehead atoms. The minimum absolute atomic E-state index is 0.340. The third kappa shape index (κ3) is 8.37. The second-order valence-electron chi connectivity index (χ2n) is 8.85.